The average molecular weight is 240 g/mol. The summed E-state index contributed by atoms with van der Waals surface area (Å²) in [6.45, 7) is 6.09. The molecule has 0 amide bonds. The topological polar surface area (TPSA) is 57.5 Å². The van der Waals surface area contributed by atoms with Gasteiger partial charge in [-0.3, -0.25) is 4.79 Å². The highest BCUT2D eigenvalue weighted by Crippen LogP contribution is 2.27. The minimum atomic E-state index is -0.167. The molecule has 1 rings (SSSR count). The Labute approximate surface area is 99.5 Å². The monoisotopic (exact) mass is 240 g/mol. The molecule has 16 heavy (non-hydrogen) atoms. The lowest BCUT2D eigenvalue weighted by atomic mass is 10.1. The molecule has 0 heterocycles. The number of benzene rings is 1. The van der Waals surface area contributed by atoms with Crippen LogP contribution in [0.25, 0.3) is 0 Å². The molecular weight excluding hydrogens is 224 g/mol. The summed E-state index contributed by atoms with van der Waals surface area (Å²) in [4.78, 5) is 11.8. The third-order valence-corrected chi connectivity index (χ3v) is 3.19. The van der Waals surface area contributed by atoms with Crippen molar-refractivity contribution in [3.05, 3.63) is 23.8 Å². The standard InChI is InChI=1S/C12H16O3S/c1-12(2,3)16-7-11(15)9-5-4-8(13)6-10(9)14/h4-6,13-14H,7H2,1-3H3. The van der Waals surface area contributed by atoms with Crippen LogP contribution in [0.1, 0.15) is 31.1 Å². The molecule has 0 saturated carbocycles. The number of rotatable bonds is 3. The van der Waals surface area contributed by atoms with Gasteiger partial charge in [0, 0.05) is 10.8 Å². The van der Waals surface area contributed by atoms with Gasteiger partial charge in [-0.05, 0) is 12.1 Å². The number of thioether (sulfide) groups is 1. The average Bonchev–Trinajstić information content (AvgIpc) is 2.13. The quantitative estimate of drug-likeness (QED) is 0.798. The molecule has 1 aromatic carbocycles. The zero-order valence-electron chi connectivity index (χ0n) is 9.65. The van der Waals surface area contributed by atoms with Crippen LogP contribution >= 0.6 is 11.8 Å². The number of phenolic OH excluding ortho intramolecular Hbond substituents is 2. The smallest absolute Gasteiger partial charge is 0.176 e. The summed E-state index contributed by atoms with van der Waals surface area (Å²) in [7, 11) is 0. The van der Waals surface area contributed by atoms with Gasteiger partial charge in [0.1, 0.15) is 11.5 Å². The molecule has 3 nitrogen and oxygen atoms in total. The van der Waals surface area contributed by atoms with Gasteiger partial charge in [-0.2, -0.15) is 0 Å². The van der Waals surface area contributed by atoms with E-state index in [4.69, 9.17) is 5.11 Å². The maximum atomic E-state index is 11.8. The molecule has 0 radical (unpaired) electrons. The Hall–Kier alpha value is -1.16. The Bertz CT molecular complexity index is 394. The number of carbonyl (C=O) groups is 1. The highest BCUT2D eigenvalue weighted by Gasteiger charge is 2.16. The van der Waals surface area contributed by atoms with E-state index in [2.05, 4.69) is 0 Å². The molecule has 0 aliphatic heterocycles. The zero-order chi connectivity index (χ0) is 12.3. The molecule has 1 aromatic rings. The lowest BCUT2D eigenvalue weighted by molar-refractivity contribution is 0.101. The number of aromatic hydroxyl groups is 2. The molecule has 0 atom stereocenters. The van der Waals surface area contributed by atoms with Gasteiger partial charge in [-0.15, -0.1) is 11.8 Å². The van der Waals surface area contributed by atoms with Crippen molar-refractivity contribution in [2.75, 3.05) is 5.75 Å². The molecule has 0 aromatic heterocycles. The summed E-state index contributed by atoms with van der Waals surface area (Å²) >= 11 is 1.53. The van der Waals surface area contributed by atoms with E-state index in [1.54, 1.807) is 0 Å². The second-order valence-corrected chi connectivity index (χ2v) is 6.33. The van der Waals surface area contributed by atoms with Gasteiger partial charge in [0.15, 0.2) is 5.78 Å². The van der Waals surface area contributed by atoms with E-state index in [0.29, 0.717) is 5.75 Å². The third-order valence-electron chi connectivity index (χ3n) is 1.92. The maximum absolute atomic E-state index is 11.8. The summed E-state index contributed by atoms with van der Waals surface area (Å²) < 4.78 is 0.0161. The summed E-state index contributed by atoms with van der Waals surface area (Å²) in [6.07, 6.45) is 0. The van der Waals surface area contributed by atoms with Crippen LogP contribution in [0.2, 0.25) is 0 Å². The normalized spacial score (nSPS) is 11.4. The largest absolute Gasteiger partial charge is 0.508 e. The van der Waals surface area contributed by atoms with Crippen LogP contribution in [-0.2, 0) is 0 Å². The number of phenols is 2. The minimum Gasteiger partial charge on any atom is -0.508 e. The van der Waals surface area contributed by atoms with Crippen molar-refractivity contribution in [2.24, 2.45) is 0 Å². The van der Waals surface area contributed by atoms with E-state index in [1.807, 2.05) is 20.8 Å². The van der Waals surface area contributed by atoms with Gasteiger partial charge in [0.2, 0.25) is 0 Å². The highest BCUT2D eigenvalue weighted by atomic mass is 32.2. The SMILES string of the molecule is CC(C)(C)SCC(=O)c1ccc(O)cc1O. The molecule has 0 fully saturated rings. The first-order valence-corrected chi connectivity index (χ1v) is 5.97. The van der Waals surface area contributed by atoms with E-state index in [-0.39, 0.29) is 27.6 Å². The van der Waals surface area contributed by atoms with Gasteiger partial charge >= 0.3 is 0 Å². The number of carbonyl (C=O) groups excluding carboxylic acids is 1. The van der Waals surface area contributed by atoms with Crippen LogP contribution in [0.5, 0.6) is 11.5 Å². The molecule has 0 aliphatic carbocycles. The molecular formula is C12H16O3S. The van der Waals surface area contributed by atoms with E-state index in [0.717, 1.165) is 0 Å². The Morgan fingerprint density at radius 2 is 1.94 bits per heavy atom. The zero-order valence-corrected chi connectivity index (χ0v) is 10.5. The Kier molecular flexibility index (Phi) is 3.86. The van der Waals surface area contributed by atoms with Crippen molar-refractivity contribution in [1.29, 1.82) is 0 Å². The molecule has 0 saturated heterocycles. The molecule has 0 unspecified atom stereocenters. The Morgan fingerprint density at radius 3 is 2.44 bits per heavy atom. The minimum absolute atomic E-state index is 0.0161. The fraction of sp³-hybridized carbons (Fsp3) is 0.417. The highest BCUT2D eigenvalue weighted by molar-refractivity contribution is 8.01. The van der Waals surface area contributed by atoms with Gasteiger partial charge in [0.05, 0.1) is 11.3 Å². The van der Waals surface area contributed by atoms with Crippen LogP contribution in [0.15, 0.2) is 18.2 Å². The molecule has 88 valence electrons. The lowest BCUT2D eigenvalue weighted by Crippen LogP contribution is -2.13. The third kappa shape index (κ3) is 3.77. The van der Waals surface area contributed by atoms with Gasteiger partial charge in [0.25, 0.3) is 0 Å². The van der Waals surface area contributed by atoms with Crippen LogP contribution in [0, 0.1) is 0 Å². The van der Waals surface area contributed by atoms with E-state index < -0.39 is 0 Å². The first-order chi connectivity index (χ1) is 7.29. The van der Waals surface area contributed by atoms with Gasteiger partial charge in [-0.1, -0.05) is 20.8 Å². The predicted molar refractivity (Wildman–Crippen MR) is 66.3 cm³/mol. The van der Waals surface area contributed by atoms with E-state index in [9.17, 15) is 9.90 Å². The van der Waals surface area contributed by atoms with E-state index >= 15 is 0 Å². The molecule has 0 aliphatic rings. The number of hydrogen-bond donors (Lipinski definition) is 2. The summed E-state index contributed by atoms with van der Waals surface area (Å²) in [5, 5.41) is 18.6. The van der Waals surface area contributed by atoms with Gasteiger partial charge in [-0.25, -0.2) is 0 Å². The molecule has 0 bridgehead atoms. The molecule has 2 N–H and O–H groups in total. The van der Waals surface area contributed by atoms with Crippen LogP contribution in [0.4, 0.5) is 0 Å². The van der Waals surface area contributed by atoms with Crippen molar-refractivity contribution < 1.29 is 15.0 Å². The summed E-state index contributed by atoms with van der Waals surface area (Å²) in [6, 6.07) is 4.01. The Balaban J connectivity index is 2.74. The first-order valence-electron chi connectivity index (χ1n) is 4.99. The number of Topliss-reactive ketones (excluding diaryl/α,β-unsaturated/α-hetero) is 1. The number of hydrogen-bond acceptors (Lipinski definition) is 4. The molecule has 0 spiro atoms. The van der Waals surface area contributed by atoms with Gasteiger partial charge < -0.3 is 10.2 Å². The van der Waals surface area contributed by atoms with Crippen LogP contribution in [0.3, 0.4) is 0 Å². The predicted octanol–water partition coefficient (Wildman–Crippen LogP) is 2.81. The Morgan fingerprint density at radius 1 is 1.31 bits per heavy atom. The first kappa shape index (κ1) is 12.9. The maximum Gasteiger partial charge on any atom is 0.176 e. The van der Waals surface area contributed by atoms with E-state index in [1.165, 1.54) is 30.0 Å². The second-order valence-electron chi connectivity index (χ2n) is 4.53. The lowest BCUT2D eigenvalue weighted by Gasteiger charge is -2.16. The van der Waals surface area contributed by atoms with Crippen LogP contribution < -0.4 is 0 Å². The fourth-order valence-electron chi connectivity index (χ4n) is 1.12. The van der Waals surface area contributed by atoms with Crippen molar-refractivity contribution in [1.82, 2.24) is 0 Å². The van der Waals surface area contributed by atoms with Crippen LogP contribution in [-0.4, -0.2) is 26.5 Å². The van der Waals surface area contributed by atoms with Crippen molar-refractivity contribution in [2.45, 2.75) is 25.5 Å². The second kappa shape index (κ2) is 4.78. The van der Waals surface area contributed by atoms with Crippen molar-refractivity contribution in [3.8, 4) is 11.5 Å². The summed E-state index contributed by atoms with van der Waals surface area (Å²) in [5.41, 5.74) is 0.259. The number of ketones is 1. The fourth-order valence-corrected chi connectivity index (χ4v) is 1.84. The summed E-state index contributed by atoms with van der Waals surface area (Å²) in [5.74, 6) is -0.0172. The van der Waals surface area contributed by atoms with Crippen molar-refractivity contribution >= 4 is 17.5 Å². The van der Waals surface area contributed by atoms with Crippen molar-refractivity contribution in [3.63, 3.8) is 0 Å². The molecule has 4 heteroatoms.